The van der Waals surface area contributed by atoms with Crippen LogP contribution in [0, 0.1) is 0 Å². The molecule has 106 valence electrons. The van der Waals surface area contributed by atoms with Gasteiger partial charge < -0.3 is 15.2 Å². The van der Waals surface area contributed by atoms with Crippen molar-refractivity contribution in [3.8, 4) is 17.4 Å². The van der Waals surface area contributed by atoms with Crippen molar-refractivity contribution < 1.29 is 9.47 Å². The quantitative estimate of drug-likeness (QED) is 0.793. The molecule has 0 aliphatic rings. The van der Waals surface area contributed by atoms with Crippen molar-refractivity contribution in [2.45, 2.75) is 6.92 Å². The van der Waals surface area contributed by atoms with Crippen LogP contribution in [-0.2, 0) is 0 Å². The minimum Gasteiger partial charge on any atom is -0.490 e. The second-order valence-corrected chi connectivity index (χ2v) is 4.38. The van der Waals surface area contributed by atoms with Gasteiger partial charge in [0.15, 0.2) is 17.3 Å². The molecule has 0 radical (unpaired) electrons. The molecular weight excluding hydrogens is 266 g/mol. The summed E-state index contributed by atoms with van der Waals surface area (Å²) in [5.74, 6) is 1.74. The summed E-state index contributed by atoms with van der Waals surface area (Å²) >= 11 is 0. The van der Waals surface area contributed by atoms with E-state index in [1.54, 1.807) is 6.07 Å². The van der Waals surface area contributed by atoms with Gasteiger partial charge in [0.25, 0.3) is 5.88 Å². The van der Waals surface area contributed by atoms with Crippen LogP contribution in [-0.4, -0.2) is 16.6 Å². The fourth-order valence-corrected chi connectivity index (χ4v) is 1.99. The Morgan fingerprint density at radius 2 is 1.52 bits per heavy atom. The number of hydrogen-bond acceptors (Lipinski definition) is 5. The standard InChI is InChI=1S/C16H15N3O2/c1-2-20-13-9-5-6-10-14(13)21-16-15(17)18-11-7-3-4-8-12(11)19-16/h3-10H,2H2,1H3,(H2,17,18). The van der Waals surface area contributed by atoms with Gasteiger partial charge in [0.05, 0.1) is 17.6 Å². The summed E-state index contributed by atoms with van der Waals surface area (Å²) in [7, 11) is 0. The van der Waals surface area contributed by atoms with Crippen LogP contribution in [0.15, 0.2) is 48.5 Å². The van der Waals surface area contributed by atoms with E-state index >= 15 is 0 Å². The first-order valence-corrected chi connectivity index (χ1v) is 6.70. The van der Waals surface area contributed by atoms with E-state index in [4.69, 9.17) is 15.2 Å². The molecule has 0 unspecified atom stereocenters. The first-order chi connectivity index (χ1) is 10.3. The zero-order chi connectivity index (χ0) is 14.7. The van der Waals surface area contributed by atoms with Crippen molar-refractivity contribution >= 4 is 16.9 Å². The van der Waals surface area contributed by atoms with E-state index in [9.17, 15) is 0 Å². The normalized spacial score (nSPS) is 10.5. The molecule has 0 fully saturated rings. The molecule has 1 heterocycles. The molecular formula is C16H15N3O2. The van der Waals surface area contributed by atoms with Crippen molar-refractivity contribution in [1.29, 1.82) is 0 Å². The lowest BCUT2D eigenvalue weighted by Crippen LogP contribution is -2.00. The fourth-order valence-electron chi connectivity index (χ4n) is 1.99. The molecule has 0 saturated carbocycles. The molecule has 0 aliphatic carbocycles. The number of benzene rings is 2. The van der Waals surface area contributed by atoms with Crippen LogP contribution < -0.4 is 15.2 Å². The Kier molecular flexibility index (Phi) is 3.55. The molecule has 2 aromatic carbocycles. The van der Waals surface area contributed by atoms with E-state index in [1.807, 2.05) is 49.4 Å². The molecule has 3 aromatic rings. The SMILES string of the molecule is CCOc1ccccc1Oc1nc2ccccc2nc1N. The van der Waals surface area contributed by atoms with E-state index < -0.39 is 0 Å². The number of aromatic nitrogens is 2. The number of hydrogen-bond donors (Lipinski definition) is 1. The van der Waals surface area contributed by atoms with E-state index in [2.05, 4.69) is 9.97 Å². The molecule has 5 heteroatoms. The van der Waals surface area contributed by atoms with Gasteiger partial charge in [0.2, 0.25) is 0 Å². The largest absolute Gasteiger partial charge is 0.490 e. The number of fused-ring (bicyclic) bond motifs is 1. The van der Waals surface area contributed by atoms with Gasteiger partial charge in [0.1, 0.15) is 0 Å². The number of nitrogen functional groups attached to an aromatic ring is 1. The van der Waals surface area contributed by atoms with Crippen molar-refractivity contribution in [1.82, 2.24) is 9.97 Å². The summed E-state index contributed by atoms with van der Waals surface area (Å²) in [4.78, 5) is 8.70. The average molecular weight is 281 g/mol. The van der Waals surface area contributed by atoms with Crippen LogP contribution >= 0.6 is 0 Å². The van der Waals surface area contributed by atoms with Crippen LogP contribution in [0.1, 0.15) is 6.92 Å². The van der Waals surface area contributed by atoms with Gasteiger partial charge in [-0.1, -0.05) is 24.3 Å². The molecule has 0 spiro atoms. The Labute approximate surface area is 122 Å². The van der Waals surface area contributed by atoms with Crippen LogP contribution in [0.2, 0.25) is 0 Å². The van der Waals surface area contributed by atoms with Gasteiger partial charge >= 0.3 is 0 Å². The number of anilines is 1. The minimum absolute atomic E-state index is 0.250. The summed E-state index contributed by atoms with van der Waals surface area (Å²) in [5.41, 5.74) is 7.39. The molecule has 0 bridgehead atoms. The maximum atomic E-state index is 5.92. The monoisotopic (exact) mass is 281 g/mol. The third-order valence-corrected chi connectivity index (χ3v) is 2.92. The van der Waals surface area contributed by atoms with Gasteiger partial charge in [0, 0.05) is 0 Å². The molecule has 2 N–H and O–H groups in total. The summed E-state index contributed by atoms with van der Waals surface area (Å²) in [6.07, 6.45) is 0. The molecule has 0 aliphatic heterocycles. The van der Waals surface area contributed by atoms with Gasteiger partial charge in [-0.15, -0.1) is 0 Å². The Bertz CT molecular complexity index is 774. The van der Waals surface area contributed by atoms with Crippen molar-refractivity contribution in [3.63, 3.8) is 0 Å². The van der Waals surface area contributed by atoms with E-state index in [1.165, 1.54) is 0 Å². The van der Waals surface area contributed by atoms with E-state index in [0.29, 0.717) is 18.1 Å². The van der Waals surface area contributed by atoms with Crippen molar-refractivity contribution in [2.24, 2.45) is 0 Å². The van der Waals surface area contributed by atoms with Crippen molar-refractivity contribution in [3.05, 3.63) is 48.5 Å². The number of ether oxygens (including phenoxy) is 2. The highest BCUT2D eigenvalue weighted by Crippen LogP contribution is 2.33. The second-order valence-electron chi connectivity index (χ2n) is 4.38. The van der Waals surface area contributed by atoms with E-state index in [-0.39, 0.29) is 11.7 Å². The summed E-state index contributed by atoms with van der Waals surface area (Å²) in [6.45, 7) is 2.47. The molecule has 5 nitrogen and oxygen atoms in total. The van der Waals surface area contributed by atoms with E-state index in [0.717, 1.165) is 11.0 Å². The Balaban J connectivity index is 2.00. The highest BCUT2D eigenvalue weighted by atomic mass is 16.5. The Morgan fingerprint density at radius 3 is 2.24 bits per heavy atom. The zero-order valence-electron chi connectivity index (χ0n) is 11.6. The summed E-state index contributed by atoms with van der Waals surface area (Å²) in [5, 5.41) is 0. The van der Waals surface area contributed by atoms with Gasteiger partial charge in [-0.25, -0.2) is 9.97 Å². The third-order valence-electron chi connectivity index (χ3n) is 2.92. The first kappa shape index (κ1) is 13.2. The van der Waals surface area contributed by atoms with Crippen LogP contribution in [0.3, 0.4) is 0 Å². The predicted octanol–water partition coefficient (Wildman–Crippen LogP) is 3.40. The Morgan fingerprint density at radius 1 is 0.905 bits per heavy atom. The first-order valence-electron chi connectivity index (χ1n) is 6.70. The lowest BCUT2D eigenvalue weighted by Gasteiger charge is -2.12. The topological polar surface area (TPSA) is 70.3 Å². The lowest BCUT2D eigenvalue weighted by atomic mass is 10.3. The summed E-state index contributed by atoms with van der Waals surface area (Å²) < 4.78 is 11.3. The predicted molar refractivity (Wildman–Crippen MR) is 81.6 cm³/mol. The van der Waals surface area contributed by atoms with Gasteiger partial charge in [-0.3, -0.25) is 0 Å². The molecule has 0 amide bonds. The average Bonchev–Trinajstić information content (AvgIpc) is 2.50. The maximum Gasteiger partial charge on any atom is 0.263 e. The number of nitrogens with two attached hydrogens (primary N) is 1. The zero-order valence-corrected chi connectivity index (χ0v) is 11.6. The molecule has 1 aromatic heterocycles. The summed E-state index contributed by atoms with van der Waals surface area (Å²) in [6, 6.07) is 14.9. The lowest BCUT2D eigenvalue weighted by molar-refractivity contribution is 0.320. The van der Waals surface area contributed by atoms with Gasteiger partial charge in [-0.05, 0) is 31.2 Å². The van der Waals surface area contributed by atoms with Crippen LogP contribution in [0.5, 0.6) is 17.4 Å². The maximum absolute atomic E-state index is 5.92. The molecule has 0 saturated heterocycles. The smallest absolute Gasteiger partial charge is 0.263 e. The molecule has 3 rings (SSSR count). The van der Waals surface area contributed by atoms with Crippen molar-refractivity contribution in [2.75, 3.05) is 12.3 Å². The third kappa shape index (κ3) is 2.72. The highest BCUT2D eigenvalue weighted by molar-refractivity contribution is 5.76. The van der Waals surface area contributed by atoms with Gasteiger partial charge in [-0.2, -0.15) is 0 Å². The molecule has 0 atom stereocenters. The number of rotatable bonds is 4. The minimum atomic E-state index is 0.250. The Hall–Kier alpha value is -2.82. The van der Waals surface area contributed by atoms with Crippen LogP contribution in [0.25, 0.3) is 11.0 Å². The van der Waals surface area contributed by atoms with Crippen LogP contribution in [0.4, 0.5) is 5.82 Å². The number of para-hydroxylation sites is 4. The second kappa shape index (κ2) is 5.66. The number of nitrogens with zero attached hydrogens (tertiary/aromatic N) is 2. The fraction of sp³-hybridized carbons (Fsp3) is 0.125. The highest BCUT2D eigenvalue weighted by Gasteiger charge is 2.11. The molecule has 21 heavy (non-hydrogen) atoms.